The molecule has 2 aromatic heterocycles. The van der Waals surface area contributed by atoms with Crippen LogP contribution in [-0.2, 0) is 17.3 Å². The van der Waals surface area contributed by atoms with E-state index in [-0.39, 0.29) is 12.1 Å². The van der Waals surface area contributed by atoms with Gasteiger partial charge in [0.2, 0.25) is 5.95 Å². The minimum atomic E-state index is -4.53. The Kier molecular flexibility index (Phi) is 4.71. The highest BCUT2D eigenvalue weighted by molar-refractivity contribution is 5.69. The predicted molar refractivity (Wildman–Crippen MR) is 94.9 cm³/mol. The standard InChI is InChI=1S/C18H17F3N6O/c1-10-6-11(16-14(25-27-26-16)9-13-3-5-28-13)8-12(7-10)23-17-22-4-2-15(24-17)18(19,20)21/h2,4,6-8,13H,3,5,9H2,1H3,(H,22,23,24)(H,25,26,27). The highest BCUT2D eigenvalue weighted by Crippen LogP contribution is 2.30. The van der Waals surface area contributed by atoms with Gasteiger partial charge in [0.15, 0.2) is 0 Å². The second-order valence-electron chi connectivity index (χ2n) is 6.60. The van der Waals surface area contributed by atoms with Crippen LogP contribution in [0.1, 0.15) is 23.4 Å². The molecule has 0 spiro atoms. The van der Waals surface area contributed by atoms with Crippen LogP contribution >= 0.6 is 0 Å². The molecule has 0 bridgehead atoms. The Morgan fingerprint density at radius 3 is 2.82 bits per heavy atom. The molecule has 1 saturated heterocycles. The van der Waals surface area contributed by atoms with Gasteiger partial charge in [0.1, 0.15) is 11.4 Å². The van der Waals surface area contributed by atoms with Gasteiger partial charge in [-0.1, -0.05) is 5.21 Å². The Morgan fingerprint density at radius 2 is 2.11 bits per heavy atom. The fourth-order valence-electron chi connectivity index (χ4n) is 2.99. The zero-order valence-electron chi connectivity index (χ0n) is 14.9. The van der Waals surface area contributed by atoms with E-state index in [0.29, 0.717) is 17.8 Å². The van der Waals surface area contributed by atoms with Crippen molar-refractivity contribution in [3.05, 3.63) is 47.4 Å². The van der Waals surface area contributed by atoms with Crippen LogP contribution in [-0.4, -0.2) is 38.1 Å². The molecular formula is C18H17F3N6O. The lowest BCUT2D eigenvalue weighted by molar-refractivity contribution is -0.141. The molecule has 1 aliphatic rings. The molecule has 1 unspecified atom stereocenters. The highest BCUT2D eigenvalue weighted by Gasteiger charge is 2.32. The van der Waals surface area contributed by atoms with Gasteiger partial charge in [0.05, 0.1) is 11.8 Å². The van der Waals surface area contributed by atoms with Gasteiger partial charge in [-0.25, -0.2) is 9.97 Å². The van der Waals surface area contributed by atoms with Gasteiger partial charge in [-0.15, -0.1) is 5.10 Å². The third-order valence-corrected chi connectivity index (χ3v) is 4.40. The highest BCUT2D eigenvalue weighted by atomic mass is 19.4. The minimum Gasteiger partial charge on any atom is -0.378 e. The van der Waals surface area contributed by atoms with E-state index < -0.39 is 11.9 Å². The van der Waals surface area contributed by atoms with Crippen molar-refractivity contribution >= 4 is 11.6 Å². The second kappa shape index (κ2) is 7.19. The van der Waals surface area contributed by atoms with E-state index >= 15 is 0 Å². The number of nitrogens with one attached hydrogen (secondary N) is 2. The number of H-pyrrole nitrogens is 1. The van der Waals surface area contributed by atoms with E-state index in [0.717, 1.165) is 42.1 Å². The molecular weight excluding hydrogens is 373 g/mol. The molecule has 0 aliphatic carbocycles. The number of benzene rings is 1. The predicted octanol–water partition coefficient (Wildman–Crippen LogP) is 3.66. The minimum absolute atomic E-state index is 0.130. The molecule has 1 aliphatic heterocycles. The summed E-state index contributed by atoms with van der Waals surface area (Å²) in [4.78, 5) is 7.41. The Bertz CT molecular complexity index is 983. The average molecular weight is 390 g/mol. The maximum atomic E-state index is 12.9. The molecule has 3 aromatic rings. The fourth-order valence-corrected chi connectivity index (χ4v) is 2.99. The van der Waals surface area contributed by atoms with Gasteiger partial charge in [-0.05, 0) is 43.2 Å². The molecule has 146 valence electrons. The SMILES string of the molecule is Cc1cc(Nc2nccc(C(F)(F)F)n2)cc(-c2nn[nH]c2CC2CCO2)c1. The molecule has 0 radical (unpaired) electrons. The number of aryl methyl sites for hydroxylation is 1. The van der Waals surface area contributed by atoms with E-state index in [1.54, 1.807) is 12.1 Å². The van der Waals surface area contributed by atoms with Gasteiger partial charge in [0.25, 0.3) is 0 Å². The number of halogens is 3. The monoisotopic (exact) mass is 390 g/mol. The summed E-state index contributed by atoms with van der Waals surface area (Å²) >= 11 is 0. The third-order valence-electron chi connectivity index (χ3n) is 4.40. The smallest absolute Gasteiger partial charge is 0.378 e. The maximum Gasteiger partial charge on any atom is 0.433 e. The lowest BCUT2D eigenvalue weighted by Crippen LogP contribution is -2.29. The van der Waals surface area contributed by atoms with Gasteiger partial charge >= 0.3 is 6.18 Å². The fraction of sp³-hybridized carbons (Fsp3) is 0.333. The van der Waals surface area contributed by atoms with Crippen molar-refractivity contribution in [2.75, 3.05) is 11.9 Å². The quantitative estimate of drug-likeness (QED) is 0.691. The van der Waals surface area contributed by atoms with Crippen molar-refractivity contribution in [1.29, 1.82) is 0 Å². The summed E-state index contributed by atoms with van der Waals surface area (Å²) in [5.41, 5.74) is 2.79. The number of anilines is 2. The van der Waals surface area contributed by atoms with Crippen LogP contribution in [0.4, 0.5) is 24.8 Å². The van der Waals surface area contributed by atoms with Crippen molar-refractivity contribution in [3.8, 4) is 11.3 Å². The molecule has 7 nitrogen and oxygen atoms in total. The summed E-state index contributed by atoms with van der Waals surface area (Å²) in [5.74, 6) is -0.130. The van der Waals surface area contributed by atoms with Crippen LogP contribution in [0.2, 0.25) is 0 Å². The van der Waals surface area contributed by atoms with Crippen LogP contribution in [0.3, 0.4) is 0 Å². The first-order valence-corrected chi connectivity index (χ1v) is 8.69. The van der Waals surface area contributed by atoms with Gasteiger partial charge in [0, 0.05) is 30.5 Å². The molecule has 4 rings (SSSR count). The van der Waals surface area contributed by atoms with Gasteiger partial charge < -0.3 is 10.1 Å². The van der Waals surface area contributed by atoms with Crippen molar-refractivity contribution < 1.29 is 17.9 Å². The Balaban J connectivity index is 1.61. The van der Waals surface area contributed by atoms with E-state index in [4.69, 9.17) is 4.74 Å². The van der Waals surface area contributed by atoms with Crippen molar-refractivity contribution in [2.24, 2.45) is 0 Å². The number of hydrogen-bond acceptors (Lipinski definition) is 6. The zero-order valence-corrected chi connectivity index (χ0v) is 14.9. The molecule has 28 heavy (non-hydrogen) atoms. The molecule has 0 saturated carbocycles. The Hall–Kier alpha value is -3.01. The topological polar surface area (TPSA) is 88.6 Å². The number of nitrogens with zero attached hydrogens (tertiary/aromatic N) is 4. The summed E-state index contributed by atoms with van der Waals surface area (Å²) in [5, 5.41) is 13.8. The summed E-state index contributed by atoms with van der Waals surface area (Å²) in [6.45, 7) is 2.65. The number of ether oxygens (including phenoxy) is 1. The lowest BCUT2D eigenvalue weighted by Gasteiger charge is -2.25. The number of hydrogen-bond donors (Lipinski definition) is 2. The molecule has 3 heterocycles. The summed E-state index contributed by atoms with van der Waals surface area (Å²) < 4.78 is 44.0. The Morgan fingerprint density at radius 1 is 1.29 bits per heavy atom. The molecule has 1 aromatic carbocycles. The summed E-state index contributed by atoms with van der Waals surface area (Å²) in [7, 11) is 0. The van der Waals surface area contributed by atoms with Crippen molar-refractivity contribution in [3.63, 3.8) is 0 Å². The molecule has 10 heteroatoms. The molecule has 1 fully saturated rings. The van der Waals surface area contributed by atoms with E-state index in [2.05, 4.69) is 30.7 Å². The van der Waals surface area contributed by atoms with Gasteiger partial charge in [-0.3, -0.25) is 5.10 Å². The Labute approximate surface area is 158 Å². The third kappa shape index (κ3) is 3.96. The molecule has 2 N–H and O–H groups in total. The first kappa shape index (κ1) is 18.4. The second-order valence-corrected chi connectivity index (χ2v) is 6.60. The largest absolute Gasteiger partial charge is 0.433 e. The van der Waals surface area contributed by atoms with Crippen LogP contribution in [0, 0.1) is 6.92 Å². The van der Waals surface area contributed by atoms with E-state index in [1.807, 2.05) is 13.0 Å². The molecule has 0 amide bonds. The maximum absolute atomic E-state index is 12.9. The van der Waals surface area contributed by atoms with Crippen LogP contribution < -0.4 is 5.32 Å². The first-order valence-electron chi connectivity index (χ1n) is 8.69. The number of rotatable bonds is 5. The first-order chi connectivity index (χ1) is 13.4. The van der Waals surface area contributed by atoms with E-state index in [1.165, 1.54) is 0 Å². The lowest BCUT2D eigenvalue weighted by atomic mass is 10.0. The van der Waals surface area contributed by atoms with Crippen LogP contribution in [0.25, 0.3) is 11.3 Å². The van der Waals surface area contributed by atoms with Crippen molar-refractivity contribution in [2.45, 2.75) is 32.0 Å². The molecule has 1 atom stereocenters. The summed E-state index contributed by atoms with van der Waals surface area (Å²) in [6, 6.07) is 6.33. The summed E-state index contributed by atoms with van der Waals surface area (Å²) in [6.07, 6.45) is -1.64. The number of aromatic nitrogens is 5. The van der Waals surface area contributed by atoms with Crippen LogP contribution in [0.15, 0.2) is 30.5 Å². The number of alkyl halides is 3. The average Bonchev–Trinajstić information content (AvgIpc) is 3.05. The number of aromatic amines is 1. The van der Waals surface area contributed by atoms with Crippen LogP contribution in [0.5, 0.6) is 0 Å². The zero-order chi connectivity index (χ0) is 19.7. The van der Waals surface area contributed by atoms with Crippen molar-refractivity contribution in [1.82, 2.24) is 25.4 Å². The normalized spacial score (nSPS) is 16.6. The van der Waals surface area contributed by atoms with Gasteiger partial charge in [-0.2, -0.15) is 13.2 Å². The van der Waals surface area contributed by atoms with E-state index in [9.17, 15) is 13.2 Å².